The third kappa shape index (κ3) is 1.79. The zero-order chi connectivity index (χ0) is 12.1. The van der Waals surface area contributed by atoms with Crippen LogP contribution in [0.3, 0.4) is 0 Å². The van der Waals surface area contributed by atoms with Gasteiger partial charge in [0.15, 0.2) is 0 Å². The molecule has 16 heavy (non-hydrogen) atoms. The van der Waals surface area contributed by atoms with E-state index in [9.17, 15) is 0 Å². The number of benzene rings is 1. The third-order valence-corrected chi connectivity index (χ3v) is 4.30. The Balaban J connectivity index is 2.74. The van der Waals surface area contributed by atoms with Crippen LogP contribution in [0.1, 0.15) is 57.2 Å². The molecule has 87 valence electrons. The molecular formula is C15H21S. The Labute approximate surface area is 105 Å². The molecule has 0 aromatic heterocycles. The van der Waals surface area contributed by atoms with Gasteiger partial charge in [0.25, 0.3) is 0 Å². The Morgan fingerprint density at radius 3 is 2.31 bits per heavy atom. The lowest BCUT2D eigenvalue weighted by atomic mass is 9.63. The molecular weight excluding hydrogens is 212 g/mol. The van der Waals surface area contributed by atoms with Gasteiger partial charge in [0, 0.05) is 4.90 Å². The van der Waals surface area contributed by atoms with Gasteiger partial charge in [-0.2, -0.15) is 0 Å². The molecule has 0 saturated carbocycles. The minimum absolute atomic E-state index is 0.242. The van der Waals surface area contributed by atoms with Crippen LogP contribution >= 0.6 is 12.6 Å². The summed E-state index contributed by atoms with van der Waals surface area (Å²) in [5.41, 5.74) is 4.62. The van der Waals surface area contributed by atoms with Crippen molar-refractivity contribution >= 4 is 12.6 Å². The van der Waals surface area contributed by atoms with E-state index >= 15 is 0 Å². The van der Waals surface area contributed by atoms with Crippen LogP contribution in [0.4, 0.5) is 0 Å². The monoisotopic (exact) mass is 233 g/mol. The van der Waals surface area contributed by atoms with E-state index in [1.165, 1.54) is 29.5 Å². The van der Waals surface area contributed by atoms with Gasteiger partial charge in [0.05, 0.1) is 0 Å². The smallest absolute Gasteiger partial charge is 0.0162 e. The van der Waals surface area contributed by atoms with Crippen molar-refractivity contribution in [2.45, 2.75) is 63.2 Å². The first-order chi connectivity index (χ1) is 7.24. The van der Waals surface area contributed by atoms with E-state index in [2.05, 4.69) is 59.4 Å². The second kappa shape index (κ2) is 3.53. The first-order valence-electron chi connectivity index (χ1n) is 6.01. The van der Waals surface area contributed by atoms with Crippen LogP contribution in [0, 0.1) is 13.0 Å². The second-order valence-electron chi connectivity index (χ2n) is 6.36. The fourth-order valence-electron chi connectivity index (χ4n) is 2.81. The molecule has 1 aromatic carbocycles. The Hall–Kier alpha value is -0.430. The van der Waals surface area contributed by atoms with Gasteiger partial charge in [-0.15, -0.1) is 12.6 Å². The molecule has 0 saturated heterocycles. The highest BCUT2D eigenvalue weighted by molar-refractivity contribution is 7.80. The number of fused-ring (bicyclic) bond motifs is 1. The van der Waals surface area contributed by atoms with E-state index in [-0.39, 0.29) is 10.8 Å². The molecule has 1 radical (unpaired) electrons. The zero-order valence-electron chi connectivity index (χ0n) is 10.9. The molecule has 0 spiro atoms. The molecule has 1 aliphatic carbocycles. The number of aryl methyl sites for hydroxylation is 1. The highest BCUT2D eigenvalue weighted by Gasteiger charge is 2.38. The van der Waals surface area contributed by atoms with Gasteiger partial charge in [-0.25, -0.2) is 0 Å². The average Bonchev–Trinajstić information content (AvgIpc) is 2.11. The maximum atomic E-state index is 4.64. The van der Waals surface area contributed by atoms with Crippen molar-refractivity contribution in [3.05, 3.63) is 28.8 Å². The maximum absolute atomic E-state index is 4.64. The first-order valence-corrected chi connectivity index (χ1v) is 6.46. The predicted molar refractivity (Wildman–Crippen MR) is 72.6 cm³/mol. The van der Waals surface area contributed by atoms with Crippen LogP contribution in [-0.2, 0) is 10.8 Å². The van der Waals surface area contributed by atoms with E-state index in [1.807, 2.05) is 0 Å². The molecule has 1 aromatic rings. The molecule has 2 rings (SSSR count). The summed E-state index contributed by atoms with van der Waals surface area (Å²) in [6.45, 7) is 11.4. The van der Waals surface area contributed by atoms with Crippen molar-refractivity contribution in [2.75, 3.05) is 0 Å². The fourth-order valence-corrected chi connectivity index (χ4v) is 3.40. The molecule has 0 fully saturated rings. The van der Waals surface area contributed by atoms with Crippen molar-refractivity contribution in [3.63, 3.8) is 0 Å². The van der Waals surface area contributed by atoms with E-state index in [4.69, 9.17) is 0 Å². The summed E-state index contributed by atoms with van der Waals surface area (Å²) in [6, 6.07) is 5.66. The molecule has 0 bridgehead atoms. The van der Waals surface area contributed by atoms with Gasteiger partial charge in [-0.05, 0) is 53.4 Å². The van der Waals surface area contributed by atoms with Crippen LogP contribution < -0.4 is 0 Å². The minimum Gasteiger partial charge on any atom is -0.142 e. The van der Waals surface area contributed by atoms with Gasteiger partial charge in [-0.1, -0.05) is 33.8 Å². The van der Waals surface area contributed by atoms with E-state index in [0.29, 0.717) is 0 Å². The van der Waals surface area contributed by atoms with Crippen LogP contribution in [-0.4, -0.2) is 0 Å². The van der Waals surface area contributed by atoms with Crippen molar-refractivity contribution in [1.29, 1.82) is 0 Å². The molecule has 0 amide bonds. The minimum atomic E-state index is 0.242. The molecule has 1 heteroatoms. The molecule has 0 nitrogen and oxygen atoms in total. The van der Waals surface area contributed by atoms with Crippen LogP contribution in [0.25, 0.3) is 0 Å². The summed E-state index contributed by atoms with van der Waals surface area (Å²) in [5.74, 6) is 0. The lowest BCUT2D eigenvalue weighted by Crippen LogP contribution is -2.34. The van der Waals surface area contributed by atoms with Gasteiger partial charge < -0.3 is 0 Å². The quantitative estimate of drug-likeness (QED) is 0.630. The van der Waals surface area contributed by atoms with Crippen molar-refractivity contribution in [2.24, 2.45) is 0 Å². The number of hydrogen-bond acceptors (Lipinski definition) is 1. The van der Waals surface area contributed by atoms with Crippen LogP contribution in [0.5, 0.6) is 0 Å². The summed E-state index contributed by atoms with van der Waals surface area (Å²) in [4.78, 5) is 1.05. The normalized spacial score (nSPS) is 21.6. The van der Waals surface area contributed by atoms with Crippen molar-refractivity contribution in [1.82, 2.24) is 0 Å². The summed E-state index contributed by atoms with van der Waals surface area (Å²) in [6.07, 6.45) is 2.49. The van der Waals surface area contributed by atoms with Crippen molar-refractivity contribution in [3.8, 4) is 0 Å². The molecule has 0 N–H and O–H groups in total. The summed E-state index contributed by atoms with van der Waals surface area (Å²) < 4.78 is 0. The van der Waals surface area contributed by atoms with Gasteiger partial charge in [-0.3, -0.25) is 0 Å². The zero-order valence-corrected chi connectivity index (χ0v) is 11.8. The highest BCUT2D eigenvalue weighted by atomic mass is 32.1. The SMILES string of the molecule is Cc1[c]c(S)c2c(c1)C(C)(C)CCC2(C)C. The van der Waals surface area contributed by atoms with Gasteiger partial charge in [0.1, 0.15) is 0 Å². The van der Waals surface area contributed by atoms with Gasteiger partial charge in [0.2, 0.25) is 0 Å². The molecule has 1 aliphatic rings. The number of thiol groups is 1. The summed E-state index contributed by atoms with van der Waals surface area (Å²) in [7, 11) is 0. The van der Waals surface area contributed by atoms with E-state index < -0.39 is 0 Å². The van der Waals surface area contributed by atoms with Crippen molar-refractivity contribution < 1.29 is 0 Å². The van der Waals surface area contributed by atoms with E-state index in [0.717, 1.165) is 4.90 Å². The topological polar surface area (TPSA) is 0 Å². The Kier molecular flexibility index (Phi) is 2.66. The maximum Gasteiger partial charge on any atom is 0.0162 e. The standard InChI is InChI=1S/C15H21S/c1-10-8-11-13(12(16)9-10)15(4,5)7-6-14(11,2)3/h8,16H,6-7H2,1-5H3. The molecule has 0 heterocycles. The lowest BCUT2D eigenvalue weighted by molar-refractivity contribution is 0.326. The molecule has 0 atom stereocenters. The predicted octanol–water partition coefficient (Wildman–Crippen LogP) is 4.43. The Bertz CT molecular complexity index is 427. The fraction of sp³-hybridized carbons (Fsp3) is 0.600. The Morgan fingerprint density at radius 2 is 1.69 bits per heavy atom. The van der Waals surface area contributed by atoms with Crippen LogP contribution in [0.2, 0.25) is 0 Å². The summed E-state index contributed by atoms with van der Waals surface area (Å²) >= 11 is 4.64. The molecule has 0 unspecified atom stereocenters. The highest BCUT2D eigenvalue weighted by Crippen LogP contribution is 2.48. The van der Waals surface area contributed by atoms with E-state index in [1.54, 1.807) is 0 Å². The van der Waals surface area contributed by atoms with Gasteiger partial charge >= 0.3 is 0 Å². The number of rotatable bonds is 0. The largest absolute Gasteiger partial charge is 0.142 e. The second-order valence-corrected chi connectivity index (χ2v) is 6.80. The third-order valence-electron chi connectivity index (χ3n) is 3.96. The first kappa shape index (κ1) is 12.0. The molecule has 0 aliphatic heterocycles. The lowest BCUT2D eigenvalue weighted by Gasteiger charge is -2.42. The Morgan fingerprint density at radius 1 is 1.12 bits per heavy atom. The number of hydrogen-bond donors (Lipinski definition) is 1. The average molecular weight is 233 g/mol. The van der Waals surface area contributed by atoms with Crippen LogP contribution in [0.15, 0.2) is 11.0 Å². The summed E-state index contributed by atoms with van der Waals surface area (Å²) in [5, 5.41) is 0.